The Hall–Kier alpha value is -1.19. The fourth-order valence-corrected chi connectivity index (χ4v) is 3.89. The van der Waals surface area contributed by atoms with Gasteiger partial charge in [-0.25, -0.2) is 4.98 Å². The van der Waals surface area contributed by atoms with Crippen molar-refractivity contribution < 1.29 is 0 Å². The molecule has 0 bridgehead atoms. The van der Waals surface area contributed by atoms with Crippen LogP contribution in [0.3, 0.4) is 0 Å². The second-order valence-corrected chi connectivity index (χ2v) is 7.02. The van der Waals surface area contributed by atoms with Crippen LogP contribution in [0.4, 0.5) is 0 Å². The second-order valence-electron chi connectivity index (χ2n) is 4.31. The number of hydrogen-bond donors (Lipinski definition) is 1. The van der Waals surface area contributed by atoms with Crippen LogP contribution in [0.15, 0.2) is 37.4 Å². The summed E-state index contributed by atoms with van der Waals surface area (Å²) in [5, 5.41) is 9.11. The Balaban J connectivity index is 1.97. The van der Waals surface area contributed by atoms with Crippen molar-refractivity contribution in [1.29, 1.82) is 0 Å². The molecule has 21 heavy (non-hydrogen) atoms. The Morgan fingerprint density at radius 1 is 1.38 bits per heavy atom. The maximum atomic E-state index is 12.2. The lowest BCUT2D eigenvalue weighted by Gasteiger charge is -2.05. The Morgan fingerprint density at radius 2 is 2.19 bits per heavy atom. The van der Waals surface area contributed by atoms with E-state index < -0.39 is 0 Å². The quantitative estimate of drug-likeness (QED) is 0.646. The van der Waals surface area contributed by atoms with Crippen molar-refractivity contribution >= 4 is 54.5 Å². The van der Waals surface area contributed by atoms with Gasteiger partial charge in [0.25, 0.3) is 5.56 Å². The summed E-state index contributed by atoms with van der Waals surface area (Å²) < 4.78 is 3.43. The van der Waals surface area contributed by atoms with E-state index in [4.69, 9.17) is 0 Å². The molecule has 0 saturated heterocycles. The van der Waals surface area contributed by atoms with Gasteiger partial charge in [-0.3, -0.25) is 4.79 Å². The molecule has 3 rings (SSSR count). The van der Waals surface area contributed by atoms with Gasteiger partial charge in [-0.05, 0) is 28.1 Å². The summed E-state index contributed by atoms with van der Waals surface area (Å²) >= 11 is 8.27. The van der Waals surface area contributed by atoms with Crippen LogP contribution in [0, 0.1) is 0 Å². The van der Waals surface area contributed by atoms with Crippen LogP contribution in [0.25, 0.3) is 10.9 Å². The molecule has 0 saturated carbocycles. The Kier molecular flexibility index (Phi) is 4.14. The number of thioether (sulfide) groups is 1. The molecule has 1 aromatic carbocycles. The van der Waals surface area contributed by atoms with Crippen LogP contribution in [0.1, 0.15) is 5.82 Å². The zero-order chi connectivity index (χ0) is 15.0. The maximum absolute atomic E-state index is 12.2. The van der Waals surface area contributed by atoms with Gasteiger partial charge in [-0.1, -0.05) is 27.7 Å². The summed E-state index contributed by atoms with van der Waals surface area (Å²) in [6.07, 6.45) is 1.63. The number of nitrogens with one attached hydrogen (secondary N) is 1. The molecule has 0 aliphatic rings. The number of hydrogen-bond acceptors (Lipinski definition) is 5. The molecule has 0 aliphatic carbocycles. The summed E-state index contributed by atoms with van der Waals surface area (Å²) in [4.78, 5) is 19.5. The standard InChI is InChI=1S/C12H9Br2N5OS/c1-19-5-15-18-12(19)21-4-9-16-10-7(11(20)17-9)2-6(13)3-8(10)14/h2-3,5H,4H2,1H3,(H,16,17,20). The first-order chi connectivity index (χ1) is 10.0. The van der Waals surface area contributed by atoms with Gasteiger partial charge in [0.1, 0.15) is 12.2 Å². The molecule has 0 radical (unpaired) electrons. The van der Waals surface area contributed by atoms with E-state index >= 15 is 0 Å². The summed E-state index contributed by atoms with van der Waals surface area (Å²) in [6, 6.07) is 3.62. The van der Waals surface area contributed by atoms with Gasteiger partial charge in [0.2, 0.25) is 0 Å². The average Bonchev–Trinajstić information content (AvgIpc) is 2.83. The molecule has 1 N–H and O–H groups in total. The third-order valence-electron chi connectivity index (χ3n) is 2.79. The number of rotatable bonds is 3. The second kappa shape index (κ2) is 5.90. The van der Waals surface area contributed by atoms with Crippen molar-refractivity contribution in [2.24, 2.45) is 7.05 Å². The van der Waals surface area contributed by atoms with Crippen LogP contribution in [-0.2, 0) is 12.8 Å². The van der Waals surface area contributed by atoms with Gasteiger partial charge in [-0.15, -0.1) is 10.2 Å². The third kappa shape index (κ3) is 3.04. The lowest BCUT2D eigenvalue weighted by molar-refractivity contribution is 0.787. The first kappa shape index (κ1) is 14.7. The lowest BCUT2D eigenvalue weighted by atomic mass is 10.2. The first-order valence-corrected chi connectivity index (χ1v) is 8.46. The molecule has 2 heterocycles. The van der Waals surface area contributed by atoms with Gasteiger partial charge in [-0.2, -0.15) is 0 Å². The number of H-pyrrole nitrogens is 1. The highest BCUT2D eigenvalue weighted by Gasteiger charge is 2.10. The summed E-state index contributed by atoms with van der Waals surface area (Å²) in [7, 11) is 1.87. The van der Waals surface area contributed by atoms with Gasteiger partial charge in [0, 0.05) is 16.0 Å². The Labute approximate surface area is 140 Å². The zero-order valence-electron chi connectivity index (χ0n) is 10.8. The van der Waals surface area contributed by atoms with Crippen LogP contribution < -0.4 is 5.56 Å². The van der Waals surface area contributed by atoms with Crippen molar-refractivity contribution in [2.75, 3.05) is 0 Å². The first-order valence-electron chi connectivity index (χ1n) is 5.89. The smallest absolute Gasteiger partial charge is 0.258 e. The Bertz CT molecular complexity index is 876. The zero-order valence-corrected chi connectivity index (χ0v) is 14.8. The number of aryl methyl sites for hydroxylation is 1. The van der Waals surface area contributed by atoms with Crippen molar-refractivity contribution in [3.63, 3.8) is 0 Å². The molecule has 108 valence electrons. The normalized spacial score (nSPS) is 11.2. The number of benzene rings is 1. The largest absolute Gasteiger partial charge is 0.312 e. The van der Waals surface area contributed by atoms with Gasteiger partial charge in [0.05, 0.1) is 16.7 Å². The Morgan fingerprint density at radius 3 is 2.90 bits per heavy atom. The van der Waals surface area contributed by atoms with E-state index in [9.17, 15) is 4.79 Å². The predicted molar refractivity (Wildman–Crippen MR) is 88.3 cm³/mol. The molecule has 0 unspecified atom stereocenters. The van der Waals surface area contributed by atoms with Gasteiger partial charge in [0.15, 0.2) is 5.16 Å². The summed E-state index contributed by atoms with van der Waals surface area (Å²) in [6.45, 7) is 0. The molecule has 0 spiro atoms. The molecule has 6 nitrogen and oxygen atoms in total. The van der Waals surface area contributed by atoms with E-state index in [1.54, 1.807) is 12.4 Å². The van der Waals surface area contributed by atoms with E-state index in [0.717, 1.165) is 14.1 Å². The molecule has 2 aromatic heterocycles. The fraction of sp³-hybridized carbons (Fsp3) is 0.167. The van der Waals surface area contributed by atoms with Crippen LogP contribution >= 0.6 is 43.6 Å². The topological polar surface area (TPSA) is 76.5 Å². The van der Waals surface area contributed by atoms with Crippen molar-refractivity contribution in [3.05, 3.63) is 43.6 Å². The predicted octanol–water partition coefficient (Wildman–Crippen LogP) is 2.87. The summed E-state index contributed by atoms with van der Waals surface area (Å²) in [5.74, 6) is 1.11. The molecule has 3 aromatic rings. The SMILES string of the molecule is Cn1cnnc1SCc1nc2c(Br)cc(Br)cc2c(=O)[nH]1. The highest BCUT2D eigenvalue weighted by Crippen LogP contribution is 2.26. The molecule has 0 atom stereocenters. The highest BCUT2D eigenvalue weighted by atomic mass is 79.9. The van der Waals surface area contributed by atoms with Crippen LogP contribution in [0.2, 0.25) is 0 Å². The monoisotopic (exact) mass is 429 g/mol. The molecular weight excluding hydrogens is 422 g/mol. The minimum atomic E-state index is -0.157. The van der Waals surface area contributed by atoms with E-state index in [1.807, 2.05) is 17.7 Å². The lowest BCUT2D eigenvalue weighted by Crippen LogP contribution is -2.11. The van der Waals surface area contributed by atoms with Gasteiger partial charge < -0.3 is 9.55 Å². The minimum Gasteiger partial charge on any atom is -0.312 e. The van der Waals surface area contributed by atoms with Gasteiger partial charge >= 0.3 is 0 Å². The molecule has 0 fully saturated rings. The number of fused-ring (bicyclic) bond motifs is 1. The molecule has 0 amide bonds. The van der Waals surface area contributed by atoms with Crippen molar-refractivity contribution in [3.8, 4) is 0 Å². The maximum Gasteiger partial charge on any atom is 0.258 e. The van der Waals surface area contributed by atoms with E-state index in [2.05, 4.69) is 52.0 Å². The number of aromatic nitrogens is 5. The molecule has 0 aliphatic heterocycles. The summed E-state index contributed by atoms with van der Waals surface area (Å²) in [5.41, 5.74) is 0.492. The fourth-order valence-electron chi connectivity index (χ4n) is 1.82. The van der Waals surface area contributed by atoms with Crippen LogP contribution in [-0.4, -0.2) is 24.7 Å². The molecule has 9 heteroatoms. The van der Waals surface area contributed by atoms with Crippen molar-refractivity contribution in [1.82, 2.24) is 24.7 Å². The van der Waals surface area contributed by atoms with E-state index in [0.29, 0.717) is 22.5 Å². The average molecular weight is 431 g/mol. The molecular formula is C12H9Br2N5OS. The number of halogens is 2. The highest BCUT2D eigenvalue weighted by molar-refractivity contribution is 9.11. The van der Waals surface area contributed by atoms with E-state index in [1.165, 1.54) is 11.8 Å². The minimum absolute atomic E-state index is 0.157. The number of nitrogens with zero attached hydrogens (tertiary/aromatic N) is 4. The number of aromatic amines is 1. The van der Waals surface area contributed by atoms with Crippen LogP contribution in [0.5, 0.6) is 0 Å². The van der Waals surface area contributed by atoms with E-state index in [-0.39, 0.29) is 5.56 Å². The third-order valence-corrected chi connectivity index (χ3v) is 4.89. The van der Waals surface area contributed by atoms with Crippen molar-refractivity contribution in [2.45, 2.75) is 10.9 Å².